The fraction of sp³-hybridized carbons (Fsp3) is 0.323. The number of aromatic nitrogens is 13. The number of hydrogen-bond donors (Lipinski definition) is 0. The van der Waals surface area contributed by atoms with Gasteiger partial charge in [-0.1, -0.05) is 34.6 Å². The van der Waals surface area contributed by atoms with Crippen LogP contribution in [0.4, 0.5) is 0 Å². The molecule has 16 nitrogen and oxygen atoms in total. The number of thiophene rings is 1. The number of hydrogen-bond acceptors (Lipinski definition) is 8. The third-order valence-corrected chi connectivity index (χ3v) is 17.5. The lowest BCUT2D eigenvalue weighted by atomic mass is 10.2. The van der Waals surface area contributed by atoms with Crippen LogP contribution in [0.1, 0.15) is 91.0 Å². The van der Waals surface area contributed by atoms with Crippen LogP contribution in [0.25, 0.3) is 81.7 Å². The van der Waals surface area contributed by atoms with Gasteiger partial charge in [0.15, 0.2) is 28.5 Å². The van der Waals surface area contributed by atoms with Crippen molar-refractivity contribution in [3.8, 4) is 0 Å². The largest absolute Gasteiger partial charge is 0.460 e. The van der Waals surface area contributed by atoms with Crippen LogP contribution in [0, 0.1) is 34.6 Å². The minimum Gasteiger partial charge on any atom is -0.460 e. The molecule has 0 bridgehead atoms. The van der Waals surface area contributed by atoms with Crippen LogP contribution in [-0.4, -0.2) is 37.8 Å². The van der Waals surface area contributed by atoms with Crippen molar-refractivity contribution in [2.24, 2.45) is 35.2 Å². The zero-order valence-corrected chi connectivity index (χ0v) is 50.3. The SMILES string of the molecule is CCc1c[n+]2cc3nc(C)oc3cc2n1C.CCc1c[n+]2cc3oc(C)nc3cc2n1C.CCc1c[n+]2cc3occ(C)c3cc2n1C.CCc1c[n+]2cc3sc(C)nc3cc2n1C.CCc1c[n+]2cc3scc(C)c3cc2n1C. The molecule has 15 rings (SSSR count). The summed E-state index contributed by atoms with van der Waals surface area (Å²) in [6.07, 6.45) is 28.3. The zero-order valence-electron chi connectivity index (χ0n) is 48.7. The van der Waals surface area contributed by atoms with Gasteiger partial charge in [-0.2, -0.15) is 8.80 Å². The molecule has 15 aromatic rings. The van der Waals surface area contributed by atoms with Gasteiger partial charge in [-0.15, -0.1) is 22.7 Å². The highest BCUT2D eigenvalue weighted by Gasteiger charge is 2.21. The average molecular weight is 1110 g/mol. The summed E-state index contributed by atoms with van der Waals surface area (Å²) in [5, 5.41) is 5.93. The summed E-state index contributed by atoms with van der Waals surface area (Å²) in [7, 11) is 10.5. The fourth-order valence-electron chi connectivity index (χ4n) is 10.9. The minimum atomic E-state index is 0.710. The zero-order chi connectivity index (χ0) is 56.4. The van der Waals surface area contributed by atoms with E-state index < -0.39 is 0 Å². The molecule has 0 aromatic carbocycles. The predicted octanol–water partition coefficient (Wildman–Crippen LogP) is 11.0. The van der Waals surface area contributed by atoms with E-state index in [0.29, 0.717) is 11.8 Å². The second-order valence-electron chi connectivity index (χ2n) is 20.7. The van der Waals surface area contributed by atoms with Gasteiger partial charge in [0.2, 0.25) is 0 Å². The Labute approximate surface area is 471 Å². The van der Waals surface area contributed by atoms with Crippen molar-refractivity contribution in [2.75, 3.05) is 0 Å². The molecule has 0 aliphatic heterocycles. The molecule has 0 amide bonds. The molecule has 410 valence electrons. The number of furan rings is 1. The first kappa shape index (κ1) is 53.8. The minimum absolute atomic E-state index is 0.710. The Hall–Kier alpha value is -8.22. The number of oxazole rings is 2. The number of rotatable bonds is 5. The van der Waals surface area contributed by atoms with Gasteiger partial charge in [-0.05, 0) is 37.3 Å². The van der Waals surface area contributed by atoms with E-state index in [1.54, 1.807) is 11.3 Å². The number of imidazole rings is 5. The molecule has 0 aliphatic carbocycles. The Balaban J connectivity index is 0.000000105. The predicted molar refractivity (Wildman–Crippen MR) is 317 cm³/mol. The van der Waals surface area contributed by atoms with Crippen molar-refractivity contribution in [3.05, 3.63) is 160 Å². The average Bonchev–Trinajstić information content (AvgIpc) is 4.38. The molecule has 0 spiro atoms. The van der Waals surface area contributed by atoms with Gasteiger partial charge in [0.1, 0.15) is 101 Å². The molecule has 15 aromatic heterocycles. The Morgan fingerprint density at radius 2 is 0.838 bits per heavy atom. The third-order valence-electron chi connectivity index (χ3n) is 15.5. The van der Waals surface area contributed by atoms with Crippen LogP contribution < -0.4 is 22.0 Å². The Bertz CT molecular complexity index is 4360. The number of fused-ring (bicyclic) bond motifs is 10. The van der Waals surface area contributed by atoms with Crippen molar-refractivity contribution in [2.45, 2.75) is 101 Å². The molecule has 0 saturated heterocycles. The molecular formula is C62H72N13O3S2+5. The van der Waals surface area contributed by atoms with Gasteiger partial charge in [0, 0.05) is 68.9 Å². The summed E-state index contributed by atoms with van der Waals surface area (Å²) in [5.41, 5.74) is 20.7. The van der Waals surface area contributed by atoms with Crippen molar-refractivity contribution < 1.29 is 35.3 Å². The third kappa shape index (κ3) is 9.77. The van der Waals surface area contributed by atoms with Gasteiger partial charge in [0.05, 0.1) is 79.6 Å². The van der Waals surface area contributed by atoms with E-state index >= 15 is 0 Å². The fourth-order valence-corrected chi connectivity index (χ4v) is 12.7. The molecule has 0 radical (unpaired) electrons. The van der Waals surface area contributed by atoms with E-state index in [0.717, 1.165) is 81.7 Å². The lowest BCUT2D eigenvalue weighted by Crippen LogP contribution is -2.18. The first-order valence-corrected chi connectivity index (χ1v) is 29.2. The van der Waals surface area contributed by atoms with Crippen LogP contribution in [0.15, 0.2) is 117 Å². The van der Waals surface area contributed by atoms with Crippen LogP contribution in [0.2, 0.25) is 0 Å². The van der Waals surface area contributed by atoms with Gasteiger partial charge in [-0.3, -0.25) is 0 Å². The van der Waals surface area contributed by atoms with Gasteiger partial charge in [0.25, 0.3) is 28.2 Å². The van der Waals surface area contributed by atoms with Crippen LogP contribution in [0.5, 0.6) is 0 Å². The second kappa shape index (κ2) is 21.4. The molecule has 80 heavy (non-hydrogen) atoms. The molecule has 0 saturated carbocycles. The summed E-state index contributed by atoms with van der Waals surface area (Å²) >= 11 is 3.57. The smallest absolute Gasteiger partial charge is 0.290 e. The summed E-state index contributed by atoms with van der Waals surface area (Å²) in [5.74, 6) is 1.42. The summed E-state index contributed by atoms with van der Waals surface area (Å²) in [6.45, 7) is 20.9. The monoisotopic (exact) mass is 1110 g/mol. The van der Waals surface area contributed by atoms with Crippen molar-refractivity contribution in [1.29, 1.82) is 0 Å². The molecule has 18 heteroatoms. The molecular weight excluding hydrogens is 1040 g/mol. The van der Waals surface area contributed by atoms with Crippen LogP contribution in [0.3, 0.4) is 0 Å². The van der Waals surface area contributed by atoms with Gasteiger partial charge >= 0.3 is 0 Å². The van der Waals surface area contributed by atoms with Gasteiger partial charge in [-0.25, -0.2) is 51.0 Å². The van der Waals surface area contributed by atoms with E-state index in [2.05, 4.69) is 230 Å². The lowest BCUT2D eigenvalue weighted by molar-refractivity contribution is -0.509. The topological polar surface area (TPSA) is 123 Å². The van der Waals surface area contributed by atoms with Crippen molar-refractivity contribution in [1.82, 2.24) is 37.8 Å². The van der Waals surface area contributed by atoms with E-state index in [4.69, 9.17) is 13.3 Å². The molecule has 15 heterocycles. The Morgan fingerprint density at radius 1 is 0.412 bits per heavy atom. The highest BCUT2D eigenvalue weighted by Crippen LogP contribution is 2.26. The van der Waals surface area contributed by atoms with E-state index in [1.165, 1.54) is 76.7 Å². The van der Waals surface area contributed by atoms with E-state index in [-0.39, 0.29) is 0 Å². The Morgan fingerprint density at radius 3 is 1.38 bits per heavy atom. The highest BCUT2D eigenvalue weighted by molar-refractivity contribution is 7.18. The standard InChI is InChI=1S/C13H15N2O.C13H15N2S.2C12H14N3O.C12H14N3S/c2*1-4-10-6-15-7-12-11(9(2)8-16-12)5-13(15)14(10)3;1-4-9-6-15-7-10-11(16-8(2)13-10)5-12(15)14(9)3;2*1-4-9-6-15-7-11-10(13-8(2)16-11)5-12(15)14(9)3/h2*5-8H,4H2,1-3H3;3*5-7H,4H2,1-3H3/q5*+1. The van der Waals surface area contributed by atoms with Crippen LogP contribution in [-0.2, 0) is 67.3 Å². The normalized spacial score (nSPS) is 11.7. The molecule has 0 aliphatic rings. The highest BCUT2D eigenvalue weighted by atomic mass is 32.1. The number of aryl methyl sites for hydroxylation is 15. The van der Waals surface area contributed by atoms with Crippen molar-refractivity contribution in [3.63, 3.8) is 0 Å². The molecule has 0 fully saturated rings. The quantitative estimate of drug-likeness (QED) is 0.158. The number of thiazole rings is 1. The molecule has 0 N–H and O–H groups in total. The van der Waals surface area contributed by atoms with Gasteiger partial charge < -0.3 is 13.3 Å². The number of pyridine rings is 5. The van der Waals surface area contributed by atoms with E-state index in [9.17, 15) is 0 Å². The second-order valence-corrected chi connectivity index (χ2v) is 22.8. The number of nitrogens with zero attached hydrogens (tertiary/aromatic N) is 13. The molecule has 0 unspecified atom stereocenters. The molecule has 0 atom stereocenters. The maximum Gasteiger partial charge on any atom is 0.290 e. The first-order valence-electron chi connectivity index (χ1n) is 27.5. The maximum absolute atomic E-state index is 5.54. The first-order chi connectivity index (χ1) is 38.5. The summed E-state index contributed by atoms with van der Waals surface area (Å²) < 4.78 is 41.0. The van der Waals surface area contributed by atoms with Crippen molar-refractivity contribution >= 4 is 104 Å². The summed E-state index contributed by atoms with van der Waals surface area (Å²) in [4.78, 5) is 13.2. The van der Waals surface area contributed by atoms with E-state index in [1.807, 2.05) is 49.9 Å². The lowest BCUT2D eigenvalue weighted by Gasteiger charge is -1.92. The van der Waals surface area contributed by atoms with Crippen LogP contribution >= 0.6 is 22.7 Å². The maximum atomic E-state index is 5.54. The Kier molecular flexibility index (Phi) is 14.4. The summed E-state index contributed by atoms with van der Waals surface area (Å²) in [6, 6.07) is 10.7.